The molecule has 0 bridgehead atoms. The van der Waals surface area contributed by atoms with Crippen LogP contribution in [-0.4, -0.2) is 42.6 Å². The number of aryl methyl sites for hydroxylation is 1. The van der Waals surface area contributed by atoms with E-state index in [-0.39, 0.29) is 15.1 Å². The number of amides is 1. The van der Waals surface area contributed by atoms with Crippen LogP contribution in [0, 0.1) is 6.92 Å². The van der Waals surface area contributed by atoms with Crippen LogP contribution in [0.5, 0.6) is 0 Å². The average molecular weight is 331 g/mol. The molecule has 1 amide bonds. The zero-order chi connectivity index (χ0) is 15.7. The van der Waals surface area contributed by atoms with Crippen LogP contribution >= 0.6 is 11.3 Å². The van der Waals surface area contributed by atoms with E-state index < -0.39 is 35.1 Å². The number of thiazole rings is 1. The number of carbonyl (C=O) groups excluding carboxylic acids is 1. The fraction of sp³-hybridized carbons (Fsp3) is 0.556. The molecule has 11 heteroatoms. The fourth-order valence-electron chi connectivity index (χ4n) is 1.38. The van der Waals surface area contributed by atoms with Crippen molar-refractivity contribution in [3.05, 3.63) is 10.6 Å². The van der Waals surface area contributed by atoms with Gasteiger partial charge in [-0.05, 0) is 6.92 Å². The quantitative estimate of drug-likeness (QED) is 0.900. The van der Waals surface area contributed by atoms with Gasteiger partial charge in [-0.2, -0.15) is 13.2 Å². The Morgan fingerprint density at radius 2 is 2.00 bits per heavy atom. The van der Waals surface area contributed by atoms with Gasteiger partial charge in [0.1, 0.15) is 5.69 Å². The summed E-state index contributed by atoms with van der Waals surface area (Å²) in [6, 6.07) is 0. The molecular weight excluding hydrogens is 319 g/mol. The summed E-state index contributed by atoms with van der Waals surface area (Å²) in [5, 5.41) is 0.0372. The Hall–Kier alpha value is -1.36. The number of alkyl halides is 3. The van der Waals surface area contributed by atoms with Crippen LogP contribution in [0.15, 0.2) is 0 Å². The molecule has 6 nitrogen and oxygen atoms in total. The van der Waals surface area contributed by atoms with Crippen LogP contribution in [0.25, 0.3) is 0 Å². The summed E-state index contributed by atoms with van der Waals surface area (Å²) in [4.78, 5) is 16.0. The second kappa shape index (κ2) is 5.56. The smallest absolute Gasteiger partial charge is 0.375 e. The van der Waals surface area contributed by atoms with Crippen LogP contribution in [-0.2, 0) is 10.0 Å². The Bertz CT molecular complexity index is 610. The van der Waals surface area contributed by atoms with Gasteiger partial charge in [-0.1, -0.05) is 0 Å². The van der Waals surface area contributed by atoms with Gasteiger partial charge in [-0.25, -0.2) is 17.7 Å². The van der Waals surface area contributed by atoms with Gasteiger partial charge >= 0.3 is 6.18 Å². The molecule has 0 fully saturated rings. The highest BCUT2D eigenvalue weighted by atomic mass is 32.2. The van der Waals surface area contributed by atoms with E-state index in [1.54, 1.807) is 0 Å². The molecule has 2 N–H and O–H groups in total. The lowest BCUT2D eigenvalue weighted by atomic mass is 10.3. The SMILES string of the molecule is Cc1sc(N)nc1C(=O)N(CCC(F)(F)F)S(C)(=O)=O. The van der Waals surface area contributed by atoms with E-state index in [0.717, 1.165) is 11.3 Å². The van der Waals surface area contributed by atoms with E-state index in [4.69, 9.17) is 5.73 Å². The highest BCUT2D eigenvalue weighted by Crippen LogP contribution is 2.24. The number of hydrogen-bond acceptors (Lipinski definition) is 6. The first-order chi connectivity index (χ1) is 8.92. The van der Waals surface area contributed by atoms with Crippen molar-refractivity contribution < 1.29 is 26.4 Å². The lowest BCUT2D eigenvalue weighted by Crippen LogP contribution is -2.39. The highest BCUT2D eigenvalue weighted by Gasteiger charge is 2.34. The Balaban J connectivity index is 3.06. The van der Waals surface area contributed by atoms with Gasteiger partial charge < -0.3 is 5.73 Å². The third kappa shape index (κ3) is 4.34. The number of anilines is 1. The summed E-state index contributed by atoms with van der Waals surface area (Å²) in [6.07, 6.45) is -5.34. The molecule has 0 atom stereocenters. The Kier molecular flexibility index (Phi) is 4.64. The zero-order valence-corrected chi connectivity index (χ0v) is 12.2. The molecule has 0 radical (unpaired) electrons. The molecule has 0 aliphatic carbocycles. The summed E-state index contributed by atoms with van der Waals surface area (Å²) in [7, 11) is -4.13. The van der Waals surface area contributed by atoms with E-state index in [2.05, 4.69) is 4.98 Å². The summed E-state index contributed by atoms with van der Waals surface area (Å²) < 4.78 is 59.6. The lowest BCUT2D eigenvalue weighted by Gasteiger charge is -2.20. The molecule has 0 saturated carbocycles. The van der Waals surface area contributed by atoms with Gasteiger partial charge in [0, 0.05) is 11.4 Å². The van der Waals surface area contributed by atoms with Crippen molar-refractivity contribution in [2.75, 3.05) is 18.5 Å². The Labute approximate surface area is 117 Å². The van der Waals surface area contributed by atoms with Crippen molar-refractivity contribution in [3.63, 3.8) is 0 Å². The molecule has 1 aromatic heterocycles. The lowest BCUT2D eigenvalue weighted by molar-refractivity contribution is -0.134. The third-order valence-electron chi connectivity index (χ3n) is 2.24. The molecule has 0 aliphatic rings. The number of nitrogens with two attached hydrogens (primary N) is 1. The predicted octanol–water partition coefficient (Wildman–Crippen LogP) is 1.39. The molecule has 0 saturated heterocycles. The van der Waals surface area contributed by atoms with Crippen LogP contribution in [0.3, 0.4) is 0 Å². The maximum absolute atomic E-state index is 12.2. The van der Waals surface area contributed by atoms with Gasteiger partial charge in [-0.15, -0.1) is 11.3 Å². The minimum absolute atomic E-state index is 0.0372. The number of nitrogens with zero attached hydrogens (tertiary/aromatic N) is 2. The minimum atomic E-state index is -4.57. The van der Waals surface area contributed by atoms with E-state index in [0.29, 0.717) is 11.1 Å². The number of carbonyl (C=O) groups is 1. The zero-order valence-electron chi connectivity index (χ0n) is 10.6. The summed E-state index contributed by atoms with van der Waals surface area (Å²) in [5.74, 6) is -1.11. The van der Waals surface area contributed by atoms with Crippen molar-refractivity contribution in [1.29, 1.82) is 0 Å². The Morgan fingerprint density at radius 1 is 1.45 bits per heavy atom. The molecule has 0 aliphatic heterocycles. The maximum atomic E-state index is 12.2. The number of halogens is 3. The first-order valence-corrected chi connectivity index (χ1v) is 7.90. The molecule has 20 heavy (non-hydrogen) atoms. The number of aromatic nitrogens is 1. The number of rotatable bonds is 4. The standard InChI is InChI=1S/C9H12F3N3O3S2/c1-5-6(14-8(13)19-5)7(16)15(20(2,17)18)4-3-9(10,11)12/h3-4H2,1-2H3,(H2,13,14). The first-order valence-electron chi connectivity index (χ1n) is 5.23. The largest absolute Gasteiger partial charge is 0.390 e. The van der Waals surface area contributed by atoms with E-state index in [1.807, 2.05) is 0 Å². The maximum Gasteiger partial charge on any atom is 0.390 e. The average Bonchev–Trinajstić information content (AvgIpc) is 2.53. The van der Waals surface area contributed by atoms with Crippen molar-refractivity contribution in [2.24, 2.45) is 0 Å². The molecule has 1 aromatic rings. The molecule has 114 valence electrons. The molecule has 0 unspecified atom stereocenters. The van der Waals surface area contributed by atoms with Crippen LogP contribution in [0.1, 0.15) is 21.8 Å². The molecule has 0 aromatic carbocycles. The van der Waals surface area contributed by atoms with E-state index in [9.17, 15) is 26.4 Å². The molecular formula is C9H12F3N3O3S2. The summed E-state index contributed by atoms with van der Waals surface area (Å²) in [5.41, 5.74) is 5.13. The predicted molar refractivity (Wildman–Crippen MR) is 67.8 cm³/mol. The number of hydrogen-bond donors (Lipinski definition) is 1. The second-order valence-electron chi connectivity index (χ2n) is 3.96. The van der Waals surface area contributed by atoms with Crippen molar-refractivity contribution in [3.8, 4) is 0 Å². The normalized spacial score (nSPS) is 12.4. The third-order valence-corrected chi connectivity index (χ3v) is 4.19. The fourth-order valence-corrected chi connectivity index (χ4v) is 2.87. The number of sulfonamides is 1. The van der Waals surface area contributed by atoms with Crippen molar-refractivity contribution in [1.82, 2.24) is 9.29 Å². The molecule has 1 rings (SSSR count). The van der Waals surface area contributed by atoms with Gasteiger partial charge in [0.25, 0.3) is 5.91 Å². The van der Waals surface area contributed by atoms with Gasteiger partial charge in [-0.3, -0.25) is 4.79 Å². The van der Waals surface area contributed by atoms with Crippen LogP contribution in [0.2, 0.25) is 0 Å². The van der Waals surface area contributed by atoms with E-state index in [1.165, 1.54) is 6.92 Å². The second-order valence-corrected chi connectivity index (χ2v) is 7.10. The molecule has 1 heterocycles. The van der Waals surface area contributed by atoms with Gasteiger partial charge in [0.2, 0.25) is 10.0 Å². The monoisotopic (exact) mass is 331 g/mol. The first kappa shape index (κ1) is 16.7. The van der Waals surface area contributed by atoms with Gasteiger partial charge in [0.15, 0.2) is 5.13 Å². The topological polar surface area (TPSA) is 93.4 Å². The van der Waals surface area contributed by atoms with E-state index >= 15 is 0 Å². The molecule has 0 spiro atoms. The highest BCUT2D eigenvalue weighted by molar-refractivity contribution is 7.88. The Morgan fingerprint density at radius 3 is 2.35 bits per heavy atom. The van der Waals surface area contributed by atoms with Crippen LogP contribution < -0.4 is 5.73 Å². The minimum Gasteiger partial charge on any atom is -0.375 e. The summed E-state index contributed by atoms with van der Waals surface area (Å²) in [6.45, 7) is 0.490. The van der Waals surface area contributed by atoms with Crippen molar-refractivity contribution >= 4 is 32.4 Å². The summed E-state index contributed by atoms with van der Waals surface area (Å²) >= 11 is 0.951. The van der Waals surface area contributed by atoms with Crippen molar-refractivity contribution in [2.45, 2.75) is 19.5 Å². The number of nitrogen functional groups attached to an aromatic ring is 1. The van der Waals surface area contributed by atoms with Crippen LogP contribution in [0.4, 0.5) is 18.3 Å². The van der Waals surface area contributed by atoms with Gasteiger partial charge in [0.05, 0.1) is 12.7 Å².